The van der Waals surface area contributed by atoms with Crippen LogP contribution < -0.4 is 4.90 Å². The van der Waals surface area contributed by atoms with E-state index in [1.807, 2.05) is 37.3 Å². The quantitative estimate of drug-likeness (QED) is 0.758. The number of amides is 1. The fraction of sp³-hybridized carbons (Fsp3) is 0.500. The zero-order chi connectivity index (χ0) is 19.1. The zero-order valence-electron chi connectivity index (χ0n) is 15.2. The smallest absolute Gasteiger partial charge is 0.232 e. The number of benzene rings is 1. The van der Waals surface area contributed by atoms with Crippen LogP contribution in [0.15, 0.2) is 30.3 Å². The lowest BCUT2D eigenvalue weighted by molar-refractivity contribution is -0.143. The van der Waals surface area contributed by atoms with Gasteiger partial charge in [-0.1, -0.05) is 41.7 Å². The minimum atomic E-state index is -3.01. The maximum atomic E-state index is 13.4. The lowest BCUT2D eigenvalue weighted by atomic mass is 9.73. The molecule has 2 aromatic rings. The first kappa shape index (κ1) is 18.4. The summed E-state index contributed by atoms with van der Waals surface area (Å²) in [6.07, 6.45) is 0.643. The maximum Gasteiger partial charge on any atom is 0.232 e. The molecule has 1 aromatic heterocycles. The van der Waals surface area contributed by atoms with Gasteiger partial charge >= 0.3 is 0 Å². The standard InChI is InChI=1S/C18H22N4O3S2/c1-14-19-20-17(26-14)22-12-18(13-22,11-15-5-3-2-4-6-15)16(23)21-7-9-27(24,25)10-8-21/h2-6H,7-13H2,1H3. The van der Waals surface area contributed by atoms with Gasteiger partial charge < -0.3 is 9.80 Å². The molecule has 144 valence electrons. The zero-order valence-corrected chi connectivity index (χ0v) is 16.8. The first-order chi connectivity index (χ1) is 12.9. The number of carbonyl (C=O) groups is 1. The van der Waals surface area contributed by atoms with Crippen molar-refractivity contribution >= 4 is 32.2 Å². The number of sulfone groups is 1. The summed E-state index contributed by atoms with van der Waals surface area (Å²) >= 11 is 1.53. The van der Waals surface area contributed by atoms with E-state index < -0.39 is 15.3 Å². The van der Waals surface area contributed by atoms with E-state index in [9.17, 15) is 13.2 Å². The third kappa shape index (κ3) is 3.70. The molecule has 7 nitrogen and oxygen atoms in total. The van der Waals surface area contributed by atoms with Gasteiger partial charge in [-0.2, -0.15) is 0 Å². The van der Waals surface area contributed by atoms with Crippen LogP contribution in [0.3, 0.4) is 0 Å². The molecular formula is C18H22N4O3S2. The second-order valence-corrected chi connectivity index (χ2v) is 10.8. The molecule has 4 rings (SSSR count). The summed E-state index contributed by atoms with van der Waals surface area (Å²) in [7, 11) is -3.01. The van der Waals surface area contributed by atoms with E-state index in [-0.39, 0.29) is 30.5 Å². The molecule has 27 heavy (non-hydrogen) atoms. The van der Waals surface area contributed by atoms with Gasteiger partial charge in [-0.05, 0) is 18.9 Å². The molecule has 9 heteroatoms. The lowest BCUT2D eigenvalue weighted by Gasteiger charge is -2.51. The normalized spacial score (nSPS) is 20.9. The average molecular weight is 407 g/mol. The number of carbonyl (C=O) groups excluding carboxylic acids is 1. The highest BCUT2D eigenvalue weighted by Gasteiger charge is 2.52. The van der Waals surface area contributed by atoms with E-state index in [0.717, 1.165) is 15.7 Å². The summed E-state index contributed by atoms with van der Waals surface area (Å²) < 4.78 is 23.4. The van der Waals surface area contributed by atoms with Gasteiger partial charge in [0.25, 0.3) is 0 Å². The number of aryl methyl sites for hydroxylation is 1. The van der Waals surface area contributed by atoms with Gasteiger partial charge in [0.05, 0.1) is 16.9 Å². The summed E-state index contributed by atoms with van der Waals surface area (Å²) in [5.41, 5.74) is 0.575. The highest BCUT2D eigenvalue weighted by Crippen LogP contribution is 2.40. The molecule has 0 atom stereocenters. The molecule has 0 radical (unpaired) electrons. The summed E-state index contributed by atoms with van der Waals surface area (Å²) in [5.74, 6) is 0.164. The molecule has 2 fully saturated rings. The highest BCUT2D eigenvalue weighted by molar-refractivity contribution is 7.91. The molecule has 2 aliphatic heterocycles. The van der Waals surface area contributed by atoms with Crippen molar-refractivity contribution in [2.75, 3.05) is 42.6 Å². The molecule has 3 heterocycles. The van der Waals surface area contributed by atoms with Crippen LogP contribution in [0.4, 0.5) is 5.13 Å². The van der Waals surface area contributed by atoms with Crippen LogP contribution >= 0.6 is 11.3 Å². The van der Waals surface area contributed by atoms with E-state index in [2.05, 4.69) is 15.1 Å². The monoisotopic (exact) mass is 406 g/mol. The molecule has 2 aliphatic rings. The van der Waals surface area contributed by atoms with Crippen molar-refractivity contribution in [2.45, 2.75) is 13.3 Å². The van der Waals surface area contributed by atoms with Crippen LogP contribution in [0.1, 0.15) is 10.6 Å². The maximum absolute atomic E-state index is 13.4. The third-order valence-corrected chi connectivity index (χ3v) is 7.75. The van der Waals surface area contributed by atoms with Crippen molar-refractivity contribution in [3.8, 4) is 0 Å². The molecule has 0 spiro atoms. The van der Waals surface area contributed by atoms with Crippen molar-refractivity contribution in [2.24, 2.45) is 5.41 Å². The first-order valence-electron chi connectivity index (χ1n) is 8.96. The van der Waals surface area contributed by atoms with Gasteiger partial charge in [-0.25, -0.2) is 8.42 Å². The van der Waals surface area contributed by atoms with Gasteiger partial charge in [0, 0.05) is 26.2 Å². The summed E-state index contributed by atoms with van der Waals surface area (Å²) in [6, 6.07) is 9.99. The molecular weight excluding hydrogens is 384 g/mol. The van der Waals surface area contributed by atoms with Crippen molar-refractivity contribution in [3.05, 3.63) is 40.9 Å². The molecule has 0 bridgehead atoms. The number of rotatable bonds is 4. The van der Waals surface area contributed by atoms with Gasteiger partial charge in [0.2, 0.25) is 11.0 Å². The predicted molar refractivity (Wildman–Crippen MR) is 105 cm³/mol. The number of hydrogen-bond donors (Lipinski definition) is 0. The Hall–Kier alpha value is -2.00. The van der Waals surface area contributed by atoms with Crippen molar-refractivity contribution in [3.63, 3.8) is 0 Å². The van der Waals surface area contributed by atoms with E-state index in [1.54, 1.807) is 4.90 Å². The van der Waals surface area contributed by atoms with Crippen LogP contribution in [0.25, 0.3) is 0 Å². The Morgan fingerprint density at radius 1 is 1.15 bits per heavy atom. The van der Waals surface area contributed by atoms with E-state index in [0.29, 0.717) is 19.5 Å². The Kier molecular flexibility index (Phi) is 4.67. The van der Waals surface area contributed by atoms with Crippen molar-refractivity contribution in [1.82, 2.24) is 15.1 Å². The van der Waals surface area contributed by atoms with E-state index in [1.165, 1.54) is 11.3 Å². The number of hydrogen-bond acceptors (Lipinski definition) is 7. The molecule has 2 saturated heterocycles. The Bertz CT molecular complexity index is 923. The molecule has 0 unspecified atom stereocenters. The average Bonchev–Trinajstić information content (AvgIpc) is 3.04. The number of aromatic nitrogens is 2. The third-order valence-electron chi connectivity index (χ3n) is 5.24. The van der Waals surface area contributed by atoms with E-state index in [4.69, 9.17) is 0 Å². The SMILES string of the molecule is Cc1nnc(N2CC(Cc3ccccc3)(C(=O)N3CCS(=O)(=O)CC3)C2)s1. The molecule has 1 aromatic carbocycles. The summed E-state index contributed by atoms with van der Waals surface area (Å²) in [6.45, 7) is 3.65. The predicted octanol–water partition coefficient (Wildman–Crippen LogP) is 1.15. The fourth-order valence-corrected chi connectivity index (χ4v) is 5.68. The molecule has 0 saturated carbocycles. The Morgan fingerprint density at radius 2 is 1.81 bits per heavy atom. The van der Waals surface area contributed by atoms with Gasteiger partial charge in [0.15, 0.2) is 9.84 Å². The van der Waals surface area contributed by atoms with Crippen LogP contribution in [-0.2, 0) is 21.1 Å². The lowest BCUT2D eigenvalue weighted by Crippen LogP contribution is -2.66. The molecule has 0 N–H and O–H groups in total. The van der Waals surface area contributed by atoms with Crippen molar-refractivity contribution < 1.29 is 13.2 Å². The topological polar surface area (TPSA) is 83.5 Å². The van der Waals surface area contributed by atoms with Gasteiger partial charge in [0.1, 0.15) is 5.01 Å². The summed E-state index contributed by atoms with van der Waals surface area (Å²) in [4.78, 5) is 17.2. The van der Waals surface area contributed by atoms with Crippen LogP contribution in [0.2, 0.25) is 0 Å². The highest BCUT2D eigenvalue weighted by atomic mass is 32.2. The molecule has 1 amide bonds. The van der Waals surface area contributed by atoms with Crippen LogP contribution in [0.5, 0.6) is 0 Å². The van der Waals surface area contributed by atoms with Crippen LogP contribution in [-0.4, -0.2) is 67.1 Å². The second-order valence-electron chi connectivity index (χ2n) is 7.35. The largest absolute Gasteiger partial charge is 0.344 e. The van der Waals surface area contributed by atoms with Crippen LogP contribution in [0, 0.1) is 12.3 Å². The molecule has 0 aliphatic carbocycles. The minimum Gasteiger partial charge on any atom is -0.344 e. The minimum absolute atomic E-state index is 0.0544. The number of anilines is 1. The Balaban J connectivity index is 1.55. The van der Waals surface area contributed by atoms with Crippen molar-refractivity contribution in [1.29, 1.82) is 0 Å². The van der Waals surface area contributed by atoms with E-state index >= 15 is 0 Å². The number of nitrogens with zero attached hydrogens (tertiary/aromatic N) is 4. The second kappa shape index (κ2) is 6.87. The van der Waals surface area contributed by atoms with Gasteiger partial charge in [-0.3, -0.25) is 4.79 Å². The fourth-order valence-electron chi connectivity index (χ4n) is 3.79. The Morgan fingerprint density at radius 3 is 2.41 bits per heavy atom. The first-order valence-corrected chi connectivity index (χ1v) is 11.6. The Labute approximate surface area is 162 Å². The van der Waals surface area contributed by atoms with Gasteiger partial charge in [-0.15, -0.1) is 10.2 Å². The summed E-state index contributed by atoms with van der Waals surface area (Å²) in [5, 5.41) is 10.00.